The highest BCUT2D eigenvalue weighted by molar-refractivity contribution is 6.00. The van der Waals surface area contributed by atoms with Crippen LogP contribution in [-0.2, 0) is 5.54 Å². The molecule has 0 N–H and O–H groups in total. The number of benzene rings is 4. The van der Waals surface area contributed by atoms with Crippen LogP contribution >= 0.6 is 0 Å². The highest BCUT2D eigenvalue weighted by atomic mass is 16.6. The van der Waals surface area contributed by atoms with Crippen LogP contribution in [0, 0.1) is 10.1 Å². The van der Waals surface area contributed by atoms with Gasteiger partial charge in [0.25, 0.3) is 5.69 Å². The van der Waals surface area contributed by atoms with Crippen LogP contribution in [0.5, 0.6) is 0 Å². The van der Waals surface area contributed by atoms with Crippen LogP contribution in [0.15, 0.2) is 134 Å². The topological polar surface area (TPSA) is 73.8 Å². The molecule has 0 bridgehead atoms. The third-order valence-electron chi connectivity index (χ3n) is 6.73. The van der Waals surface area contributed by atoms with Crippen LogP contribution in [0.2, 0.25) is 0 Å². The Kier molecular flexibility index (Phi) is 5.54. The number of non-ortho nitro benzene ring substituents is 1. The predicted molar refractivity (Wildman–Crippen MR) is 144 cm³/mol. The molecule has 6 nitrogen and oxygen atoms in total. The second-order valence-electron chi connectivity index (χ2n) is 8.73. The molecule has 4 aromatic carbocycles. The number of fused-ring (bicyclic) bond motifs is 1. The molecule has 6 heteroatoms. The lowest BCUT2D eigenvalue weighted by Gasteiger charge is -2.37. The zero-order valence-corrected chi connectivity index (χ0v) is 19.8. The van der Waals surface area contributed by atoms with E-state index in [9.17, 15) is 10.1 Å². The zero-order valence-electron chi connectivity index (χ0n) is 19.8. The Balaban J connectivity index is 1.83. The van der Waals surface area contributed by atoms with Gasteiger partial charge in [0.15, 0.2) is 0 Å². The summed E-state index contributed by atoms with van der Waals surface area (Å²) in [5.41, 5.74) is 4.05. The molecule has 0 aliphatic carbocycles. The summed E-state index contributed by atoms with van der Waals surface area (Å²) in [6.45, 7) is 0. The summed E-state index contributed by atoms with van der Waals surface area (Å²) < 4.78 is 1.95. The normalized spacial score (nSPS) is 11.5. The molecule has 6 rings (SSSR count). The fourth-order valence-corrected chi connectivity index (χ4v) is 5.18. The van der Waals surface area contributed by atoms with Crippen molar-refractivity contribution in [3.05, 3.63) is 161 Å². The predicted octanol–water partition coefficient (Wildman–Crippen LogP) is 6.85. The number of aromatic nitrogens is 3. The zero-order chi connectivity index (χ0) is 25.2. The van der Waals surface area contributed by atoms with E-state index < -0.39 is 5.54 Å². The lowest BCUT2D eigenvalue weighted by atomic mass is 9.77. The molecule has 0 radical (unpaired) electrons. The molecular formula is C31H22N4O2. The van der Waals surface area contributed by atoms with Gasteiger partial charge in [-0.3, -0.25) is 15.1 Å². The van der Waals surface area contributed by atoms with Crippen molar-refractivity contribution in [2.45, 2.75) is 5.54 Å². The highest BCUT2D eigenvalue weighted by Crippen LogP contribution is 2.45. The van der Waals surface area contributed by atoms with Gasteiger partial charge in [-0.25, -0.2) is 4.68 Å². The van der Waals surface area contributed by atoms with Crippen LogP contribution in [0.3, 0.4) is 0 Å². The maximum absolute atomic E-state index is 12.2. The maximum Gasteiger partial charge on any atom is 0.281 e. The minimum absolute atomic E-state index is 0.0126. The first-order valence-electron chi connectivity index (χ1n) is 11.9. The molecule has 6 aromatic rings. The number of nitro benzene ring substituents is 1. The molecule has 2 heterocycles. The number of rotatable bonds is 6. The van der Waals surface area contributed by atoms with E-state index in [1.807, 2.05) is 77.5 Å². The Morgan fingerprint density at radius 2 is 1.16 bits per heavy atom. The lowest BCUT2D eigenvalue weighted by Crippen LogP contribution is -2.38. The Morgan fingerprint density at radius 3 is 1.65 bits per heavy atom. The third-order valence-corrected chi connectivity index (χ3v) is 6.73. The van der Waals surface area contributed by atoms with Crippen molar-refractivity contribution in [2.24, 2.45) is 0 Å². The molecule has 37 heavy (non-hydrogen) atoms. The molecule has 0 unspecified atom stereocenters. The Labute approximate surface area is 213 Å². The Bertz CT molecular complexity index is 1590. The second-order valence-corrected chi connectivity index (χ2v) is 8.73. The van der Waals surface area contributed by atoms with Gasteiger partial charge in [0, 0.05) is 24.0 Å². The molecular weight excluding hydrogens is 460 g/mol. The minimum Gasteiger partial charge on any atom is -0.265 e. The first-order valence-corrected chi connectivity index (χ1v) is 11.9. The van der Waals surface area contributed by atoms with Gasteiger partial charge in [-0.2, -0.15) is 5.10 Å². The van der Waals surface area contributed by atoms with Crippen molar-refractivity contribution in [3.63, 3.8) is 0 Å². The van der Waals surface area contributed by atoms with Gasteiger partial charge in [-0.1, -0.05) is 97.1 Å². The van der Waals surface area contributed by atoms with E-state index in [4.69, 9.17) is 5.10 Å². The number of nitrogens with zero attached hydrogens (tertiary/aromatic N) is 4. The van der Waals surface area contributed by atoms with Crippen LogP contribution in [0.25, 0.3) is 22.2 Å². The van der Waals surface area contributed by atoms with Crippen molar-refractivity contribution in [1.29, 1.82) is 0 Å². The fraction of sp³-hybridized carbons (Fsp3) is 0.0323. The maximum atomic E-state index is 12.2. The summed E-state index contributed by atoms with van der Waals surface area (Å²) in [4.78, 5) is 16.0. The van der Waals surface area contributed by atoms with Gasteiger partial charge in [0.05, 0.1) is 10.4 Å². The number of nitro groups is 1. The van der Waals surface area contributed by atoms with Crippen molar-refractivity contribution >= 4 is 16.6 Å². The molecule has 0 spiro atoms. The summed E-state index contributed by atoms with van der Waals surface area (Å²) in [6, 6.07) is 39.3. The van der Waals surface area contributed by atoms with Gasteiger partial charge < -0.3 is 0 Å². The summed E-state index contributed by atoms with van der Waals surface area (Å²) in [7, 11) is 0. The SMILES string of the molecule is O=[N+]([O-])c1cccc2c1c(-c1ccncc1)nn2C(c1ccccc1)(c1ccccc1)c1ccccc1. The van der Waals surface area contributed by atoms with Crippen molar-refractivity contribution in [3.8, 4) is 11.3 Å². The summed E-state index contributed by atoms with van der Waals surface area (Å²) in [5.74, 6) is 0. The van der Waals surface area contributed by atoms with Gasteiger partial charge in [-0.05, 0) is 34.9 Å². The standard InChI is InChI=1S/C31H22N4O2/c36-35(37)28-18-10-17-27-29(28)30(23-19-21-32-22-20-23)33-34(27)31(24-11-4-1-5-12-24,25-13-6-2-7-14-25)26-15-8-3-9-16-26/h1-22H. The molecule has 0 fully saturated rings. The van der Waals surface area contributed by atoms with Gasteiger partial charge in [0.1, 0.15) is 16.6 Å². The van der Waals surface area contributed by atoms with Crippen LogP contribution in [-0.4, -0.2) is 19.7 Å². The van der Waals surface area contributed by atoms with E-state index in [2.05, 4.69) is 41.4 Å². The van der Waals surface area contributed by atoms with Gasteiger partial charge in [-0.15, -0.1) is 0 Å². The molecule has 0 saturated heterocycles. The minimum atomic E-state index is -0.900. The van der Waals surface area contributed by atoms with E-state index in [1.54, 1.807) is 18.5 Å². The average Bonchev–Trinajstić information content (AvgIpc) is 3.36. The number of hydrogen-bond acceptors (Lipinski definition) is 4. The molecule has 2 aromatic heterocycles. The van der Waals surface area contributed by atoms with E-state index in [-0.39, 0.29) is 10.6 Å². The molecule has 0 saturated carbocycles. The number of pyridine rings is 1. The van der Waals surface area contributed by atoms with Crippen LogP contribution in [0.1, 0.15) is 16.7 Å². The van der Waals surface area contributed by atoms with Crippen molar-refractivity contribution in [1.82, 2.24) is 14.8 Å². The van der Waals surface area contributed by atoms with Crippen molar-refractivity contribution < 1.29 is 4.92 Å². The fourth-order valence-electron chi connectivity index (χ4n) is 5.18. The van der Waals surface area contributed by atoms with Gasteiger partial charge >= 0.3 is 0 Å². The van der Waals surface area contributed by atoms with Gasteiger partial charge in [0.2, 0.25) is 0 Å². The summed E-state index contributed by atoms with van der Waals surface area (Å²) in [5, 5.41) is 17.9. The van der Waals surface area contributed by atoms with E-state index in [1.165, 1.54) is 6.07 Å². The van der Waals surface area contributed by atoms with Crippen LogP contribution < -0.4 is 0 Å². The number of hydrogen-bond donors (Lipinski definition) is 0. The van der Waals surface area contributed by atoms with Crippen LogP contribution in [0.4, 0.5) is 5.69 Å². The third kappa shape index (κ3) is 3.58. The second kappa shape index (κ2) is 9.17. The Hall–Kier alpha value is -5.10. The lowest BCUT2D eigenvalue weighted by molar-refractivity contribution is -0.383. The highest BCUT2D eigenvalue weighted by Gasteiger charge is 2.41. The largest absolute Gasteiger partial charge is 0.281 e. The van der Waals surface area contributed by atoms with E-state index >= 15 is 0 Å². The van der Waals surface area contributed by atoms with Crippen molar-refractivity contribution in [2.75, 3.05) is 0 Å². The summed E-state index contributed by atoms with van der Waals surface area (Å²) in [6.07, 6.45) is 3.35. The smallest absolute Gasteiger partial charge is 0.265 e. The molecule has 0 amide bonds. The first kappa shape index (κ1) is 22.4. The molecule has 0 aliphatic rings. The molecule has 178 valence electrons. The Morgan fingerprint density at radius 1 is 0.649 bits per heavy atom. The van der Waals surface area contributed by atoms with E-state index in [0.717, 1.165) is 22.3 Å². The molecule has 0 aliphatic heterocycles. The van der Waals surface area contributed by atoms with E-state index in [0.29, 0.717) is 16.6 Å². The summed E-state index contributed by atoms with van der Waals surface area (Å²) >= 11 is 0. The molecule has 0 atom stereocenters. The first-order chi connectivity index (χ1) is 18.2. The quantitative estimate of drug-likeness (QED) is 0.148. The average molecular weight is 483 g/mol. The monoisotopic (exact) mass is 482 g/mol.